The molecule has 0 atom stereocenters. The number of nitrogens with one attached hydrogen (secondary N) is 2. The van der Waals surface area contributed by atoms with Gasteiger partial charge < -0.3 is 10.6 Å². The van der Waals surface area contributed by atoms with Crippen molar-refractivity contribution in [3.63, 3.8) is 0 Å². The first kappa shape index (κ1) is 16.7. The van der Waals surface area contributed by atoms with Crippen LogP contribution < -0.4 is 10.6 Å². The van der Waals surface area contributed by atoms with Crippen LogP contribution in [0.25, 0.3) is 0 Å². The van der Waals surface area contributed by atoms with Gasteiger partial charge in [-0.05, 0) is 57.8 Å². The molecular formula is C19H26N4O. The summed E-state index contributed by atoms with van der Waals surface area (Å²) in [5.74, 6) is 0.0806. The maximum atomic E-state index is 12.9. The van der Waals surface area contributed by atoms with Gasteiger partial charge in [-0.25, -0.2) is 0 Å². The lowest BCUT2D eigenvalue weighted by molar-refractivity contribution is -0.131. The van der Waals surface area contributed by atoms with E-state index < -0.39 is 5.54 Å². The van der Waals surface area contributed by atoms with Gasteiger partial charge in [0.2, 0.25) is 5.91 Å². The van der Waals surface area contributed by atoms with Crippen molar-refractivity contribution in [3.8, 4) is 0 Å². The molecule has 1 fully saturated rings. The highest BCUT2D eigenvalue weighted by Crippen LogP contribution is 2.27. The first-order valence-electron chi connectivity index (χ1n) is 8.66. The fourth-order valence-corrected chi connectivity index (χ4v) is 3.62. The topological polar surface area (TPSA) is 59.0 Å². The van der Waals surface area contributed by atoms with Gasteiger partial charge in [0, 0.05) is 18.9 Å². The maximum absolute atomic E-state index is 12.9. The van der Waals surface area contributed by atoms with Crippen LogP contribution in [-0.2, 0) is 16.8 Å². The van der Waals surface area contributed by atoms with Crippen molar-refractivity contribution in [2.75, 3.05) is 19.6 Å². The fourth-order valence-electron chi connectivity index (χ4n) is 3.62. The molecule has 0 saturated carbocycles. The molecule has 1 aliphatic rings. The first-order valence-corrected chi connectivity index (χ1v) is 8.66. The van der Waals surface area contributed by atoms with E-state index >= 15 is 0 Å². The highest BCUT2D eigenvalue weighted by Gasteiger charge is 2.41. The summed E-state index contributed by atoms with van der Waals surface area (Å²) >= 11 is 0. The number of hydrogen-bond acceptors (Lipinski definition) is 3. The zero-order chi connectivity index (χ0) is 17.0. The van der Waals surface area contributed by atoms with Crippen LogP contribution in [0, 0.1) is 13.8 Å². The van der Waals surface area contributed by atoms with Gasteiger partial charge in [-0.15, -0.1) is 0 Å². The van der Waals surface area contributed by atoms with Gasteiger partial charge in [0.25, 0.3) is 0 Å². The van der Waals surface area contributed by atoms with Crippen LogP contribution >= 0.6 is 0 Å². The van der Waals surface area contributed by atoms with Gasteiger partial charge in [0.15, 0.2) is 0 Å². The summed E-state index contributed by atoms with van der Waals surface area (Å²) in [6, 6.07) is 8.43. The molecule has 128 valence electrons. The minimum atomic E-state index is -0.558. The van der Waals surface area contributed by atoms with E-state index in [1.54, 1.807) is 6.20 Å². The molecule has 0 bridgehead atoms. The number of nitrogens with zero attached hydrogens (tertiary/aromatic N) is 2. The van der Waals surface area contributed by atoms with E-state index in [0.29, 0.717) is 6.54 Å². The molecule has 1 saturated heterocycles. The average Bonchev–Trinajstić information content (AvgIpc) is 3.09. The summed E-state index contributed by atoms with van der Waals surface area (Å²) in [6.07, 6.45) is 6.03. The molecular weight excluding hydrogens is 300 g/mol. The highest BCUT2D eigenvalue weighted by molar-refractivity contribution is 5.84. The third kappa shape index (κ3) is 3.51. The van der Waals surface area contributed by atoms with Crippen LogP contribution in [0.1, 0.15) is 29.5 Å². The second-order valence-corrected chi connectivity index (χ2v) is 6.73. The van der Waals surface area contributed by atoms with Crippen molar-refractivity contribution in [1.82, 2.24) is 20.4 Å². The van der Waals surface area contributed by atoms with Crippen LogP contribution in [0.4, 0.5) is 0 Å². The highest BCUT2D eigenvalue weighted by atomic mass is 16.2. The van der Waals surface area contributed by atoms with E-state index in [1.807, 2.05) is 16.9 Å². The quantitative estimate of drug-likeness (QED) is 0.883. The Bertz CT molecular complexity index is 667. The summed E-state index contributed by atoms with van der Waals surface area (Å²) in [4.78, 5) is 12.9. The largest absolute Gasteiger partial charge is 0.354 e. The van der Waals surface area contributed by atoms with E-state index in [1.165, 1.54) is 16.7 Å². The molecule has 1 aromatic carbocycles. The molecule has 1 aliphatic heterocycles. The Hall–Kier alpha value is -2.14. The van der Waals surface area contributed by atoms with Crippen LogP contribution in [0.2, 0.25) is 0 Å². The van der Waals surface area contributed by atoms with Crippen molar-refractivity contribution >= 4 is 5.91 Å². The Morgan fingerprint density at radius 1 is 1.25 bits per heavy atom. The molecule has 1 aromatic heterocycles. The van der Waals surface area contributed by atoms with Crippen LogP contribution in [-0.4, -0.2) is 35.3 Å². The Labute approximate surface area is 143 Å². The van der Waals surface area contributed by atoms with Crippen LogP contribution in [0.5, 0.6) is 0 Å². The Kier molecular flexibility index (Phi) is 5.00. The van der Waals surface area contributed by atoms with Gasteiger partial charge in [0.05, 0.1) is 0 Å². The van der Waals surface area contributed by atoms with Crippen LogP contribution in [0.15, 0.2) is 36.7 Å². The van der Waals surface area contributed by atoms with Crippen molar-refractivity contribution in [2.45, 2.75) is 38.6 Å². The van der Waals surface area contributed by atoms with E-state index in [4.69, 9.17) is 0 Å². The molecule has 0 aliphatic carbocycles. The minimum absolute atomic E-state index is 0.0806. The third-order valence-corrected chi connectivity index (χ3v) is 4.78. The van der Waals surface area contributed by atoms with Gasteiger partial charge >= 0.3 is 0 Å². The lowest BCUT2D eigenvalue weighted by Gasteiger charge is -2.36. The molecule has 3 rings (SSSR count). The number of aromatic nitrogens is 2. The molecule has 5 nitrogen and oxygen atoms in total. The number of hydrogen-bond donors (Lipinski definition) is 2. The second kappa shape index (κ2) is 7.18. The number of rotatable bonds is 5. The Morgan fingerprint density at radius 3 is 2.58 bits per heavy atom. The number of carbonyl (C=O) groups is 1. The molecule has 2 N–H and O–H groups in total. The summed E-state index contributed by atoms with van der Waals surface area (Å²) in [7, 11) is 0. The normalized spacial score (nSPS) is 16.8. The number of carbonyl (C=O) groups excluding carboxylic acids is 1. The SMILES string of the molecule is Cc1cc(C)cc(CCNC(=O)C2(n3cccn3)CCNCC2)c1. The smallest absolute Gasteiger partial charge is 0.248 e. The number of benzene rings is 1. The lowest BCUT2D eigenvalue weighted by Crippen LogP contribution is -2.54. The molecule has 2 heterocycles. The van der Waals surface area contributed by atoms with Gasteiger partial charge in [-0.3, -0.25) is 9.48 Å². The monoisotopic (exact) mass is 326 g/mol. The van der Waals surface area contributed by atoms with Gasteiger partial charge in [-0.2, -0.15) is 5.10 Å². The average molecular weight is 326 g/mol. The molecule has 0 unspecified atom stereocenters. The van der Waals surface area contributed by atoms with Crippen molar-refractivity contribution in [3.05, 3.63) is 53.3 Å². The zero-order valence-corrected chi connectivity index (χ0v) is 14.5. The Morgan fingerprint density at radius 2 is 1.96 bits per heavy atom. The lowest BCUT2D eigenvalue weighted by atomic mass is 9.87. The van der Waals surface area contributed by atoms with Gasteiger partial charge in [-0.1, -0.05) is 29.3 Å². The molecule has 24 heavy (non-hydrogen) atoms. The van der Waals surface area contributed by atoms with Crippen molar-refractivity contribution in [2.24, 2.45) is 0 Å². The summed E-state index contributed by atoms with van der Waals surface area (Å²) < 4.78 is 1.83. The summed E-state index contributed by atoms with van der Waals surface area (Å²) in [5.41, 5.74) is 3.24. The molecule has 0 radical (unpaired) electrons. The van der Waals surface area contributed by atoms with E-state index in [-0.39, 0.29) is 5.91 Å². The minimum Gasteiger partial charge on any atom is -0.354 e. The van der Waals surface area contributed by atoms with Crippen molar-refractivity contribution < 1.29 is 4.79 Å². The molecule has 5 heteroatoms. The first-order chi connectivity index (χ1) is 11.6. The standard InChI is InChI=1S/C19H26N4O/c1-15-12-16(2)14-17(13-15)4-8-21-18(24)19(5-9-20-10-6-19)23-11-3-7-22-23/h3,7,11-14,20H,4-6,8-10H2,1-2H3,(H,21,24). The maximum Gasteiger partial charge on any atom is 0.248 e. The third-order valence-electron chi connectivity index (χ3n) is 4.78. The fraction of sp³-hybridized carbons (Fsp3) is 0.474. The van der Waals surface area contributed by atoms with E-state index in [0.717, 1.165) is 32.4 Å². The van der Waals surface area contributed by atoms with E-state index in [2.05, 4.69) is 47.8 Å². The number of piperidine rings is 1. The predicted molar refractivity (Wildman–Crippen MR) is 94.9 cm³/mol. The summed E-state index contributed by atoms with van der Waals surface area (Å²) in [6.45, 7) is 6.54. The molecule has 2 aromatic rings. The van der Waals surface area contributed by atoms with E-state index in [9.17, 15) is 4.79 Å². The molecule has 0 spiro atoms. The zero-order valence-electron chi connectivity index (χ0n) is 14.5. The van der Waals surface area contributed by atoms with Gasteiger partial charge in [0.1, 0.15) is 5.54 Å². The number of aryl methyl sites for hydroxylation is 2. The predicted octanol–water partition coefficient (Wildman–Crippen LogP) is 1.94. The summed E-state index contributed by atoms with van der Waals surface area (Å²) in [5, 5.41) is 10.8. The van der Waals surface area contributed by atoms with Crippen LogP contribution in [0.3, 0.4) is 0 Å². The van der Waals surface area contributed by atoms with Crippen molar-refractivity contribution in [1.29, 1.82) is 0 Å². The second-order valence-electron chi connectivity index (χ2n) is 6.73. The Balaban J connectivity index is 1.66. The number of amides is 1. The molecule has 1 amide bonds.